The number of benzene rings is 1. The molecule has 0 spiro atoms. The van der Waals surface area contributed by atoms with E-state index in [1.54, 1.807) is 0 Å². The minimum atomic E-state index is 0.971. The lowest BCUT2D eigenvalue weighted by Crippen LogP contribution is -1.82. The van der Waals surface area contributed by atoms with E-state index in [0.717, 1.165) is 24.2 Å². The first kappa shape index (κ1) is 10.3. The lowest BCUT2D eigenvalue weighted by molar-refractivity contribution is 0.556. The maximum Gasteiger partial charge on any atom is 0.134 e. The Labute approximate surface area is 91.1 Å². The van der Waals surface area contributed by atoms with Crippen molar-refractivity contribution in [1.82, 2.24) is 0 Å². The molecule has 0 aliphatic heterocycles. The van der Waals surface area contributed by atoms with E-state index in [1.807, 2.05) is 0 Å². The summed E-state index contributed by atoms with van der Waals surface area (Å²) in [6.45, 7) is 4.34. The van der Waals surface area contributed by atoms with Gasteiger partial charge >= 0.3 is 0 Å². The molecule has 80 valence electrons. The molecule has 0 amide bonds. The Kier molecular flexibility index (Phi) is 3.10. The van der Waals surface area contributed by atoms with Crippen LogP contribution in [0.5, 0.6) is 0 Å². The molecule has 15 heavy (non-hydrogen) atoms. The predicted molar refractivity (Wildman–Crippen MR) is 64.2 cm³/mol. The number of furan rings is 1. The molecule has 0 N–H and O–H groups in total. The predicted octanol–water partition coefficient (Wildman–Crippen LogP) is 4.34. The van der Waals surface area contributed by atoms with Crippen LogP contribution in [0.2, 0.25) is 0 Å². The first-order valence-corrected chi connectivity index (χ1v) is 5.84. The van der Waals surface area contributed by atoms with Crippen LogP contribution >= 0.6 is 0 Å². The summed E-state index contributed by atoms with van der Waals surface area (Å²) in [4.78, 5) is 0. The summed E-state index contributed by atoms with van der Waals surface area (Å²) >= 11 is 0. The zero-order valence-electron chi connectivity index (χ0n) is 9.55. The Balaban J connectivity index is 2.29. The minimum Gasteiger partial charge on any atom is -0.461 e. The number of fused-ring (bicyclic) bond motifs is 1. The van der Waals surface area contributed by atoms with E-state index < -0.39 is 0 Å². The van der Waals surface area contributed by atoms with Crippen molar-refractivity contribution in [3.8, 4) is 0 Å². The fraction of sp³-hybridized carbons (Fsp3) is 0.429. The SMILES string of the molecule is CCCCc1ccc2cc(CC)oc2c1. The van der Waals surface area contributed by atoms with Gasteiger partial charge < -0.3 is 4.42 Å². The fourth-order valence-electron chi connectivity index (χ4n) is 1.84. The Morgan fingerprint density at radius 3 is 2.73 bits per heavy atom. The molecule has 0 fully saturated rings. The van der Waals surface area contributed by atoms with Crippen LogP contribution in [0.3, 0.4) is 0 Å². The van der Waals surface area contributed by atoms with Gasteiger partial charge in [-0.1, -0.05) is 32.4 Å². The second-order valence-corrected chi connectivity index (χ2v) is 4.04. The van der Waals surface area contributed by atoms with Crippen molar-refractivity contribution in [2.45, 2.75) is 39.5 Å². The number of unbranched alkanes of at least 4 members (excludes halogenated alkanes) is 1. The zero-order chi connectivity index (χ0) is 10.7. The molecule has 0 radical (unpaired) electrons. The van der Waals surface area contributed by atoms with Crippen molar-refractivity contribution >= 4 is 11.0 Å². The van der Waals surface area contributed by atoms with Crippen LogP contribution in [0, 0.1) is 0 Å². The van der Waals surface area contributed by atoms with Gasteiger partial charge in [-0.2, -0.15) is 0 Å². The van der Waals surface area contributed by atoms with E-state index >= 15 is 0 Å². The molecule has 0 aliphatic rings. The van der Waals surface area contributed by atoms with Crippen molar-refractivity contribution in [3.63, 3.8) is 0 Å². The standard InChI is InChI=1S/C14H18O/c1-3-5-6-11-7-8-12-10-13(4-2)15-14(12)9-11/h7-10H,3-6H2,1-2H3. The number of hydrogen-bond acceptors (Lipinski definition) is 1. The minimum absolute atomic E-state index is 0.971. The molecule has 2 aromatic rings. The summed E-state index contributed by atoms with van der Waals surface area (Å²) in [5.74, 6) is 1.08. The molecule has 0 aliphatic carbocycles. The number of hydrogen-bond donors (Lipinski definition) is 0. The molecule has 1 aromatic carbocycles. The lowest BCUT2D eigenvalue weighted by atomic mass is 10.1. The van der Waals surface area contributed by atoms with Gasteiger partial charge in [-0.25, -0.2) is 0 Å². The van der Waals surface area contributed by atoms with Crippen molar-refractivity contribution < 1.29 is 4.42 Å². The third kappa shape index (κ3) is 2.23. The highest BCUT2D eigenvalue weighted by atomic mass is 16.3. The van der Waals surface area contributed by atoms with Crippen LogP contribution in [0.1, 0.15) is 38.0 Å². The Bertz CT molecular complexity index is 440. The summed E-state index contributed by atoms with van der Waals surface area (Å²) in [5, 5.41) is 1.23. The first-order chi connectivity index (χ1) is 7.33. The maximum atomic E-state index is 5.74. The van der Waals surface area contributed by atoms with Gasteiger partial charge in [0.25, 0.3) is 0 Å². The smallest absolute Gasteiger partial charge is 0.134 e. The van der Waals surface area contributed by atoms with Gasteiger partial charge in [-0.05, 0) is 30.5 Å². The van der Waals surface area contributed by atoms with Gasteiger partial charge in [0.15, 0.2) is 0 Å². The summed E-state index contributed by atoms with van der Waals surface area (Å²) < 4.78 is 5.74. The van der Waals surface area contributed by atoms with E-state index in [9.17, 15) is 0 Å². The molecule has 0 saturated heterocycles. The number of rotatable bonds is 4. The molecule has 0 atom stereocenters. The second kappa shape index (κ2) is 4.52. The average Bonchev–Trinajstić information content (AvgIpc) is 2.68. The molecule has 0 unspecified atom stereocenters. The molecule has 0 bridgehead atoms. The highest BCUT2D eigenvalue weighted by molar-refractivity contribution is 5.78. The zero-order valence-corrected chi connectivity index (χ0v) is 9.55. The number of aryl methyl sites for hydroxylation is 2. The largest absolute Gasteiger partial charge is 0.461 e. The van der Waals surface area contributed by atoms with Crippen molar-refractivity contribution in [2.24, 2.45) is 0 Å². The fourth-order valence-corrected chi connectivity index (χ4v) is 1.84. The van der Waals surface area contributed by atoms with E-state index in [1.165, 1.54) is 23.8 Å². The third-order valence-electron chi connectivity index (χ3n) is 2.80. The molecule has 0 saturated carbocycles. The molecule has 1 heterocycles. The highest BCUT2D eigenvalue weighted by Crippen LogP contribution is 2.21. The molecule has 1 nitrogen and oxygen atoms in total. The van der Waals surface area contributed by atoms with Gasteiger partial charge in [0.2, 0.25) is 0 Å². The summed E-state index contributed by atoms with van der Waals surface area (Å²) in [7, 11) is 0. The van der Waals surface area contributed by atoms with E-state index in [2.05, 4.69) is 38.1 Å². The van der Waals surface area contributed by atoms with E-state index in [4.69, 9.17) is 4.42 Å². The monoisotopic (exact) mass is 202 g/mol. The van der Waals surface area contributed by atoms with Crippen LogP contribution in [0.4, 0.5) is 0 Å². The summed E-state index contributed by atoms with van der Waals surface area (Å²) in [5.41, 5.74) is 2.43. The quantitative estimate of drug-likeness (QED) is 0.719. The average molecular weight is 202 g/mol. The van der Waals surface area contributed by atoms with Gasteiger partial charge in [-0.15, -0.1) is 0 Å². The van der Waals surface area contributed by atoms with Crippen molar-refractivity contribution in [1.29, 1.82) is 0 Å². The normalized spacial score (nSPS) is 11.1. The van der Waals surface area contributed by atoms with Gasteiger partial charge in [0.1, 0.15) is 11.3 Å². The first-order valence-electron chi connectivity index (χ1n) is 5.84. The van der Waals surface area contributed by atoms with Gasteiger partial charge in [-0.3, -0.25) is 0 Å². The van der Waals surface area contributed by atoms with E-state index in [0.29, 0.717) is 0 Å². The van der Waals surface area contributed by atoms with Crippen molar-refractivity contribution in [2.75, 3.05) is 0 Å². The second-order valence-electron chi connectivity index (χ2n) is 4.04. The van der Waals surface area contributed by atoms with E-state index in [-0.39, 0.29) is 0 Å². The van der Waals surface area contributed by atoms with Crippen LogP contribution in [0.15, 0.2) is 28.7 Å². The molecule has 2 rings (SSSR count). The van der Waals surface area contributed by atoms with Crippen LogP contribution in [0.25, 0.3) is 11.0 Å². The Hall–Kier alpha value is -1.24. The van der Waals surface area contributed by atoms with Crippen LogP contribution in [-0.4, -0.2) is 0 Å². The van der Waals surface area contributed by atoms with Crippen LogP contribution in [-0.2, 0) is 12.8 Å². The Morgan fingerprint density at radius 1 is 1.13 bits per heavy atom. The molecule has 1 heteroatoms. The topological polar surface area (TPSA) is 13.1 Å². The summed E-state index contributed by atoms with van der Waals surface area (Å²) in [6, 6.07) is 8.71. The third-order valence-corrected chi connectivity index (χ3v) is 2.80. The molecule has 1 aromatic heterocycles. The summed E-state index contributed by atoms with van der Waals surface area (Å²) in [6.07, 6.45) is 4.64. The van der Waals surface area contributed by atoms with Crippen LogP contribution < -0.4 is 0 Å². The Morgan fingerprint density at radius 2 is 2.00 bits per heavy atom. The lowest BCUT2D eigenvalue weighted by Gasteiger charge is -1.98. The molecular weight excluding hydrogens is 184 g/mol. The van der Waals surface area contributed by atoms with Gasteiger partial charge in [0.05, 0.1) is 0 Å². The highest BCUT2D eigenvalue weighted by Gasteiger charge is 2.02. The van der Waals surface area contributed by atoms with Crippen molar-refractivity contribution in [3.05, 3.63) is 35.6 Å². The molecular formula is C14H18O. The van der Waals surface area contributed by atoms with Gasteiger partial charge in [0, 0.05) is 11.8 Å². The maximum absolute atomic E-state index is 5.74.